The zero-order valence-electron chi connectivity index (χ0n) is 16.1. The van der Waals surface area contributed by atoms with E-state index in [4.69, 9.17) is 5.84 Å². The second kappa shape index (κ2) is 10.6. The Labute approximate surface area is 186 Å². The van der Waals surface area contributed by atoms with Crippen LogP contribution in [0.2, 0.25) is 0 Å². The molecule has 4 N–H and O–H groups in total. The molecule has 0 atom stereocenters. The van der Waals surface area contributed by atoms with Crippen LogP contribution in [0.25, 0.3) is 6.08 Å². The van der Waals surface area contributed by atoms with E-state index in [1.165, 1.54) is 16.4 Å². The predicted molar refractivity (Wildman–Crippen MR) is 126 cm³/mol. The summed E-state index contributed by atoms with van der Waals surface area (Å²) in [4.78, 5) is 12.2. The van der Waals surface area contributed by atoms with E-state index >= 15 is 0 Å². The average Bonchev–Trinajstić information content (AvgIpc) is 3.11. The lowest BCUT2D eigenvalue weighted by molar-refractivity contribution is -0.113. The Balaban J connectivity index is 1.53. The van der Waals surface area contributed by atoms with Crippen LogP contribution in [-0.4, -0.2) is 32.2 Å². The number of halogens is 1. The monoisotopic (exact) mass is 485 g/mol. The van der Waals surface area contributed by atoms with Gasteiger partial charge in [-0.05, 0) is 46.6 Å². The molecule has 30 heavy (non-hydrogen) atoms. The van der Waals surface area contributed by atoms with Crippen LogP contribution in [0.15, 0.2) is 75.4 Å². The minimum Gasteiger partial charge on any atom is -0.334 e. The number of para-hydroxylation sites is 1. The fourth-order valence-electron chi connectivity index (χ4n) is 2.29. The van der Waals surface area contributed by atoms with Gasteiger partial charge in [-0.3, -0.25) is 4.79 Å². The molecule has 8 nitrogen and oxygen atoms in total. The Hall–Kier alpha value is -3.11. The molecule has 0 unspecified atom stereocenters. The molecule has 0 saturated heterocycles. The Morgan fingerprint density at radius 2 is 1.93 bits per heavy atom. The first kappa shape index (κ1) is 21.6. The molecule has 0 bridgehead atoms. The molecule has 0 aliphatic carbocycles. The summed E-state index contributed by atoms with van der Waals surface area (Å²) >= 11 is 4.57. The van der Waals surface area contributed by atoms with E-state index in [0.717, 1.165) is 15.7 Å². The number of benzene rings is 2. The normalized spacial score (nSPS) is 11.6. The highest BCUT2D eigenvalue weighted by molar-refractivity contribution is 9.10. The molecular formula is C20H20BrN7OS. The number of rotatable bonds is 8. The number of amides is 1. The number of aromatic nitrogens is 3. The van der Waals surface area contributed by atoms with E-state index in [0.29, 0.717) is 10.8 Å². The van der Waals surface area contributed by atoms with E-state index in [1.54, 1.807) is 0 Å². The van der Waals surface area contributed by atoms with E-state index in [-0.39, 0.29) is 17.6 Å². The number of carbonyl (C=O) groups excluding carboxylic acids is 1. The van der Waals surface area contributed by atoms with Crippen LogP contribution in [0.1, 0.15) is 12.5 Å². The largest absolute Gasteiger partial charge is 0.334 e. The summed E-state index contributed by atoms with van der Waals surface area (Å²) in [6.07, 6.45) is 3.83. The smallest absolute Gasteiger partial charge is 0.264 e. The number of thioether (sulfide) groups is 1. The van der Waals surface area contributed by atoms with Crippen molar-refractivity contribution in [2.24, 2.45) is 5.10 Å². The van der Waals surface area contributed by atoms with Crippen LogP contribution in [0.5, 0.6) is 0 Å². The van der Waals surface area contributed by atoms with E-state index in [9.17, 15) is 4.79 Å². The molecule has 0 saturated carbocycles. The van der Waals surface area contributed by atoms with Gasteiger partial charge >= 0.3 is 0 Å². The molecule has 3 rings (SSSR count). The van der Waals surface area contributed by atoms with Crippen LogP contribution in [0.4, 0.5) is 11.6 Å². The third-order valence-electron chi connectivity index (χ3n) is 3.79. The molecule has 10 heteroatoms. The van der Waals surface area contributed by atoms with Crippen molar-refractivity contribution in [1.29, 1.82) is 0 Å². The van der Waals surface area contributed by atoms with Gasteiger partial charge in [0.25, 0.3) is 5.95 Å². The molecule has 0 fully saturated rings. The van der Waals surface area contributed by atoms with Crippen molar-refractivity contribution in [3.05, 3.63) is 70.7 Å². The SMILES string of the molecule is CC(/C=C/c1ccccc1)=N\Nc1nnc(SCC(=O)Nc2ccccc2Br)n1N. The van der Waals surface area contributed by atoms with Crippen molar-refractivity contribution >= 4 is 57.0 Å². The van der Waals surface area contributed by atoms with Gasteiger partial charge in [-0.2, -0.15) is 5.10 Å². The van der Waals surface area contributed by atoms with Crippen molar-refractivity contribution < 1.29 is 4.79 Å². The minimum absolute atomic E-state index is 0.138. The second-order valence-electron chi connectivity index (χ2n) is 6.10. The molecular weight excluding hydrogens is 466 g/mol. The van der Waals surface area contributed by atoms with Crippen molar-refractivity contribution in [3.8, 4) is 0 Å². The van der Waals surface area contributed by atoms with E-state index in [1.807, 2.05) is 73.7 Å². The van der Waals surface area contributed by atoms with Crippen molar-refractivity contribution in [2.45, 2.75) is 12.1 Å². The lowest BCUT2D eigenvalue weighted by atomic mass is 10.2. The Morgan fingerprint density at radius 3 is 2.70 bits per heavy atom. The minimum atomic E-state index is -0.177. The van der Waals surface area contributed by atoms with Gasteiger partial charge in [0, 0.05) is 4.47 Å². The summed E-state index contributed by atoms with van der Waals surface area (Å²) in [6, 6.07) is 17.3. The lowest BCUT2D eigenvalue weighted by Gasteiger charge is -2.07. The zero-order valence-corrected chi connectivity index (χ0v) is 18.5. The van der Waals surface area contributed by atoms with E-state index < -0.39 is 0 Å². The highest BCUT2D eigenvalue weighted by Gasteiger charge is 2.12. The molecule has 1 heterocycles. The van der Waals surface area contributed by atoms with Crippen LogP contribution in [0.3, 0.4) is 0 Å². The lowest BCUT2D eigenvalue weighted by Crippen LogP contribution is -2.17. The zero-order chi connectivity index (χ0) is 21.3. The van der Waals surface area contributed by atoms with Crippen molar-refractivity contribution in [1.82, 2.24) is 14.9 Å². The van der Waals surface area contributed by atoms with Crippen LogP contribution >= 0.6 is 27.7 Å². The maximum Gasteiger partial charge on any atom is 0.264 e. The highest BCUT2D eigenvalue weighted by atomic mass is 79.9. The Kier molecular flexibility index (Phi) is 7.63. The predicted octanol–water partition coefficient (Wildman–Crippen LogP) is 3.99. The number of anilines is 2. The highest BCUT2D eigenvalue weighted by Crippen LogP contribution is 2.22. The maximum atomic E-state index is 12.2. The summed E-state index contributed by atoms with van der Waals surface area (Å²) in [5.41, 5.74) is 5.30. The number of hydrazone groups is 1. The fraction of sp³-hybridized carbons (Fsp3) is 0.100. The number of hydrogen-bond donors (Lipinski definition) is 3. The van der Waals surface area contributed by atoms with Crippen LogP contribution < -0.4 is 16.6 Å². The first-order valence-corrected chi connectivity index (χ1v) is 10.7. The van der Waals surface area contributed by atoms with Crippen molar-refractivity contribution in [2.75, 3.05) is 22.3 Å². The second-order valence-corrected chi connectivity index (χ2v) is 7.90. The number of allylic oxidation sites excluding steroid dienone is 1. The van der Waals surface area contributed by atoms with Crippen LogP contribution in [-0.2, 0) is 4.79 Å². The molecule has 2 aromatic carbocycles. The Morgan fingerprint density at radius 1 is 1.20 bits per heavy atom. The van der Waals surface area contributed by atoms with E-state index in [2.05, 4.69) is 42.0 Å². The molecule has 3 aromatic rings. The van der Waals surface area contributed by atoms with Crippen LogP contribution in [0, 0.1) is 0 Å². The first-order chi connectivity index (χ1) is 14.5. The summed E-state index contributed by atoms with van der Waals surface area (Å²) < 4.78 is 2.07. The van der Waals surface area contributed by atoms with Gasteiger partial charge in [-0.15, -0.1) is 10.2 Å². The molecule has 0 radical (unpaired) electrons. The Bertz CT molecular complexity index is 1070. The molecule has 154 valence electrons. The standard InChI is InChI=1S/C20H20BrN7OS/c1-14(11-12-15-7-3-2-4-8-15)24-25-19-26-27-20(28(19)22)30-13-18(29)23-17-10-6-5-9-16(17)21/h2-12H,13,22H2,1H3,(H,23,29)(H,25,26)/b12-11+,24-14+. The maximum absolute atomic E-state index is 12.2. The topological polar surface area (TPSA) is 110 Å². The summed E-state index contributed by atoms with van der Waals surface area (Å²) in [6.45, 7) is 1.85. The average molecular weight is 486 g/mol. The van der Waals surface area contributed by atoms with Crippen molar-refractivity contribution in [3.63, 3.8) is 0 Å². The number of nitrogen functional groups attached to an aromatic ring is 1. The van der Waals surface area contributed by atoms with Gasteiger partial charge in [-0.1, -0.05) is 60.3 Å². The molecule has 1 amide bonds. The quantitative estimate of drug-likeness (QED) is 0.192. The number of hydrogen-bond acceptors (Lipinski definition) is 7. The fourth-order valence-corrected chi connectivity index (χ4v) is 3.33. The molecule has 0 aliphatic rings. The number of carbonyl (C=O) groups is 1. The summed E-state index contributed by atoms with van der Waals surface area (Å²) in [5.74, 6) is 6.23. The third kappa shape index (κ3) is 6.19. The number of nitrogens with two attached hydrogens (primary N) is 1. The molecule has 0 aliphatic heterocycles. The van der Waals surface area contributed by atoms with Gasteiger partial charge in [-0.25, -0.2) is 10.1 Å². The number of nitrogens with zero attached hydrogens (tertiary/aromatic N) is 4. The number of nitrogens with one attached hydrogen (secondary N) is 2. The van der Waals surface area contributed by atoms with Gasteiger partial charge in [0.05, 0.1) is 17.2 Å². The van der Waals surface area contributed by atoms with Gasteiger partial charge in [0.2, 0.25) is 11.1 Å². The van der Waals surface area contributed by atoms with Gasteiger partial charge in [0.1, 0.15) is 0 Å². The summed E-state index contributed by atoms with van der Waals surface area (Å²) in [7, 11) is 0. The molecule has 1 aromatic heterocycles. The van der Waals surface area contributed by atoms with Gasteiger partial charge < -0.3 is 11.2 Å². The summed E-state index contributed by atoms with van der Waals surface area (Å²) in [5, 5.41) is 15.4. The third-order valence-corrected chi connectivity index (χ3v) is 5.43. The first-order valence-electron chi connectivity index (χ1n) is 8.94. The van der Waals surface area contributed by atoms with Gasteiger partial charge in [0.15, 0.2) is 0 Å². The molecule has 0 spiro atoms.